The number of rotatable bonds is 12. The molecular formula is C27H32BF6N5O5. The molecule has 7 N–H and O–H groups in total. The fourth-order valence-electron chi connectivity index (χ4n) is 4.52. The second-order valence-corrected chi connectivity index (χ2v) is 10.3. The molecule has 0 radical (unpaired) electrons. The average Bonchev–Trinajstić information content (AvgIpc) is 3.32. The van der Waals surface area contributed by atoms with Gasteiger partial charge in [0.15, 0.2) is 0 Å². The van der Waals surface area contributed by atoms with Crippen molar-refractivity contribution in [3.05, 3.63) is 58.7 Å². The molecule has 1 aliphatic rings. The van der Waals surface area contributed by atoms with E-state index in [1.54, 1.807) is 0 Å². The van der Waals surface area contributed by atoms with E-state index in [2.05, 4.69) is 10.6 Å². The topological polar surface area (TPSA) is 160 Å². The van der Waals surface area contributed by atoms with E-state index in [0.717, 1.165) is 18.2 Å². The number of nitrogens with zero attached hydrogens (tertiary/aromatic N) is 1. The molecule has 0 saturated heterocycles. The molecule has 0 aromatic heterocycles. The average molecular weight is 631 g/mol. The number of aryl methyl sites for hydroxylation is 1. The van der Waals surface area contributed by atoms with Gasteiger partial charge in [0.25, 0.3) is 0 Å². The Bertz CT molecular complexity index is 1340. The summed E-state index contributed by atoms with van der Waals surface area (Å²) in [6, 6.07) is 3.26. The molecular weight excluding hydrogens is 599 g/mol. The van der Waals surface area contributed by atoms with Gasteiger partial charge in [-0.25, -0.2) is 0 Å². The van der Waals surface area contributed by atoms with E-state index < -0.39 is 61.1 Å². The Kier molecular flexibility index (Phi) is 11.4. The molecule has 0 fully saturated rings. The Hall–Kier alpha value is -3.67. The molecule has 17 heteroatoms. The number of hydrogen-bond acceptors (Lipinski definition) is 7. The third-order valence-corrected chi connectivity index (χ3v) is 7.04. The molecule has 0 unspecified atom stereocenters. The van der Waals surface area contributed by atoms with E-state index in [9.17, 15) is 45.8 Å². The summed E-state index contributed by atoms with van der Waals surface area (Å²) < 4.78 is 84.8. The fourth-order valence-corrected chi connectivity index (χ4v) is 4.52. The van der Waals surface area contributed by atoms with Crippen molar-refractivity contribution in [2.45, 2.75) is 56.7 Å². The first-order valence-corrected chi connectivity index (χ1v) is 13.5. The summed E-state index contributed by atoms with van der Waals surface area (Å²) in [7, 11) is -0.126. The Morgan fingerprint density at radius 1 is 1.05 bits per heavy atom. The summed E-state index contributed by atoms with van der Waals surface area (Å²) in [4.78, 5) is 39.7. The molecule has 0 saturated carbocycles. The van der Waals surface area contributed by atoms with Crippen molar-refractivity contribution in [2.75, 3.05) is 25.5 Å². The Labute approximate surface area is 249 Å². The molecule has 10 nitrogen and oxygen atoms in total. The zero-order valence-corrected chi connectivity index (χ0v) is 23.6. The van der Waals surface area contributed by atoms with Crippen LogP contribution in [0.5, 0.6) is 0 Å². The number of fused-ring (bicyclic) bond motifs is 1. The van der Waals surface area contributed by atoms with Gasteiger partial charge >= 0.3 is 19.5 Å². The van der Waals surface area contributed by atoms with Crippen LogP contribution in [0.1, 0.15) is 41.5 Å². The Morgan fingerprint density at radius 2 is 1.70 bits per heavy atom. The number of alkyl halides is 6. The lowest BCUT2D eigenvalue weighted by atomic mass is 9.78. The summed E-state index contributed by atoms with van der Waals surface area (Å²) >= 11 is 0. The number of anilines is 1. The van der Waals surface area contributed by atoms with E-state index >= 15 is 0 Å². The van der Waals surface area contributed by atoms with Gasteiger partial charge in [-0.2, -0.15) is 26.3 Å². The number of amides is 3. The molecule has 1 heterocycles. The van der Waals surface area contributed by atoms with Gasteiger partial charge in [-0.05, 0) is 60.1 Å². The molecule has 2 atom stereocenters. The molecule has 0 aliphatic carbocycles. The van der Waals surface area contributed by atoms with Gasteiger partial charge in [0, 0.05) is 32.2 Å². The minimum atomic E-state index is -4.84. The highest BCUT2D eigenvalue weighted by Gasteiger charge is 2.40. The van der Waals surface area contributed by atoms with Crippen LogP contribution in [0.4, 0.5) is 32.0 Å². The van der Waals surface area contributed by atoms with Crippen LogP contribution in [0.25, 0.3) is 0 Å². The van der Waals surface area contributed by atoms with E-state index in [1.165, 1.54) is 24.1 Å². The molecule has 44 heavy (non-hydrogen) atoms. The normalized spacial score (nSPS) is 14.5. The Morgan fingerprint density at radius 3 is 2.30 bits per heavy atom. The minimum Gasteiger partial charge on any atom is -0.423 e. The summed E-state index contributed by atoms with van der Waals surface area (Å²) in [6.45, 7) is 0.0212. The van der Waals surface area contributed by atoms with Gasteiger partial charge in [0.2, 0.25) is 17.7 Å². The van der Waals surface area contributed by atoms with Crippen molar-refractivity contribution < 1.29 is 50.4 Å². The van der Waals surface area contributed by atoms with E-state index in [4.69, 9.17) is 16.1 Å². The minimum absolute atomic E-state index is 0.00134. The molecule has 1 aliphatic heterocycles. The molecule has 3 amide bonds. The predicted octanol–water partition coefficient (Wildman–Crippen LogP) is 1.52. The highest BCUT2D eigenvalue weighted by Crippen LogP contribution is 2.35. The molecule has 240 valence electrons. The predicted molar refractivity (Wildman–Crippen MR) is 148 cm³/mol. The third kappa shape index (κ3) is 9.17. The third-order valence-electron chi connectivity index (χ3n) is 7.04. The number of benzene rings is 2. The van der Waals surface area contributed by atoms with Crippen molar-refractivity contribution in [3.63, 3.8) is 0 Å². The largest absolute Gasteiger partial charge is 0.491 e. The summed E-state index contributed by atoms with van der Waals surface area (Å²) in [6.07, 6.45) is -9.76. The van der Waals surface area contributed by atoms with Crippen LogP contribution in [-0.2, 0) is 44.4 Å². The lowest BCUT2D eigenvalue weighted by Gasteiger charge is -2.22. The zero-order chi connectivity index (χ0) is 32.8. The van der Waals surface area contributed by atoms with Crippen LogP contribution >= 0.6 is 0 Å². The van der Waals surface area contributed by atoms with Crippen molar-refractivity contribution in [1.82, 2.24) is 10.2 Å². The van der Waals surface area contributed by atoms with Crippen LogP contribution < -0.4 is 27.6 Å². The monoisotopic (exact) mass is 631 g/mol. The van der Waals surface area contributed by atoms with Crippen molar-refractivity contribution in [1.29, 1.82) is 0 Å². The van der Waals surface area contributed by atoms with Crippen molar-refractivity contribution in [2.24, 2.45) is 11.5 Å². The van der Waals surface area contributed by atoms with Crippen LogP contribution in [0.3, 0.4) is 0 Å². The molecule has 0 spiro atoms. The van der Waals surface area contributed by atoms with Crippen molar-refractivity contribution >= 4 is 36.0 Å². The van der Waals surface area contributed by atoms with E-state index in [-0.39, 0.29) is 61.4 Å². The van der Waals surface area contributed by atoms with Gasteiger partial charge in [-0.15, -0.1) is 0 Å². The van der Waals surface area contributed by atoms with Gasteiger partial charge in [0.1, 0.15) is 6.04 Å². The fraction of sp³-hybridized carbons (Fsp3) is 0.444. The first-order valence-electron chi connectivity index (χ1n) is 13.5. The number of nitrogens with two attached hydrogens (primary N) is 2. The number of likely N-dealkylation sites (N-methyl/N-ethyl adjacent to an activating group) is 1. The van der Waals surface area contributed by atoms with Crippen LogP contribution in [0.15, 0.2) is 36.4 Å². The SMILES string of the molecule is CN(CCN)C(=O)CC[C@H](N)C(=O)N[C@H](CCc1ccc(C(F)(F)F)cc1)C(=O)Nc1cc2c(c(C(F)(F)F)c1)COB2O. The summed E-state index contributed by atoms with van der Waals surface area (Å²) in [5.41, 5.74) is 8.93. The quantitative estimate of drug-likeness (QED) is 0.176. The van der Waals surface area contributed by atoms with Gasteiger partial charge in [-0.1, -0.05) is 12.1 Å². The second kappa shape index (κ2) is 14.4. The highest BCUT2D eigenvalue weighted by atomic mass is 19.4. The second-order valence-electron chi connectivity index (χ2n) is 10.3. The lowest BCUT2D eigenvalue weighted by molar-refractivity contribution is -0.138. The highest BCUT2D eigenvalue weighted by molar-refractivity contribution is 6.61. The lowest BCUT2D eigenvalue weighted by Crippen LogP contribution is -2.50. The summed E-state index contributed by atoms with van der Waals surface area (Å²) in [5, 5.41) is 14.7. The number of nitrogens with one attached hydrogen (secondary N) is 2. The van der Waals surface area contributed by atoms with Crippen LogP contribution in [0.2, 0.25) is 0 Å². The number of halogens is 6. The Balaban J connectivity index is 1.79. The molecule has 2 aromatic carbocycles. The van der Waals surface area contributed by atoms with E-state index in [1.807, 2.05) is 0 Å². The molecule has 2 aromatic rings. The molecule has 3 rings (SSSR count). The van der Waals surface area contributed by atoms with Crippen molar-refractivity contribution in [3.8, 4) is 0 Å². The van der Waals surface area contributed by atoms with Gasteiger partial charge < -0.3 is 36.7 Å². The van der Waals surface area contributed by atoms with Crippen LogP contribution in [0, 0.1) is 0 Å². The van der Waals surface area contributed by atoms with E-state index in [0.29, 0.717) is 11.6 Å². The maximum absolute atomic E-state index is 13.7. The summed E-state index contributed by atoms with van der Waals surface area (Å²) in [5.74, 6) is -2.10. The van der Waals surface area contributed by atoms with Crippen LogP contribution in [-0.4, -0.2) is 67.0 Å². The zero-order valence-electron chi connectivity index (χ0n) is 23.6. The number of carbonyl (C=O) groups excluding carboxylic acids is 3. The maximum atomic E-state index is 13.7. The smallest absolute Gasteiger partial charge is 0.423 e. The first kappa shape index (κ1) is 34.8. The van der Waals surface area contributed by atoms with Gasteiger partial charge in [-0.3, -0.25) is 14.4 Å². The number of carbonyl (C=O) groups is 3. The van der Waals surface area contributed by atoms with Gasteiger partial charge in [0.05, 0.1) is 23.8 Å². The maximum Gasteiger partial charge on any atom is 0.491 e. The standard InChI is InChI=1S/C27H32BF6N5O5/c1-39(11-10-35)23(40)9-7-21(36)24(41)38-22(8-4-15-2-5-16(6-3-15)26(29,30)31)25(42)37-17-12-19(27(32,33)34)18-14-44-28(43)20(18)13-17/h2-3,5-6,12-13,21-22,43H,4,7-11,14,35-36H2,1H3,(H,37,42)(H,38,41)/t21-,22+/m0/s1. The molecule has 0 bridgehead atoms. The number of hydrogen-bond donors (Lipinski definition) is 5. The first-order chi connectivity index (χ1) is 20.5.